The summed E-state index contributed by atoms with van der Waals surface area (Å²) in [4.78, 5) is 4.33. The summed E-state index contributed by atoms with van der Waals surface area (Å²) in [7, 11) is 2.08. The van der Waals surface area contributed by atoms with Gasteiger partial charge in [-0.2, -0.15) is 0 Å². The van der Waals surface area contributed by atoms with E-state index in [1.54, 1.807) is 0 Å². The number of hydrogen-bond acceptors (Lipinski definition) is 1. The van der Waals surface area contributed by atoms with Crippen LogP contribution in [-0.2, 0) is 7.05 Å². The maximum atomic E-state index is 6.07. The number of rotatable bonds is 0. The molecule has 2 nitrogen and oxygen atoms in total. The van der Waals surface area contributed by atoms with Crippen LogP contribution in [0.3, 0.4) is 0 Å². The average Bonchev–Trinajstić information content (AvgIpc) is 2.54. The molecule has 86 valence electrons. The SMILES string of the molecule is Cc1cccc2c1c1cc(Cl)nc(C)c1n2C. The van der Waals surface area contributed by atoms with E-state index in [4.69, 9.17) is 11.6 Å². The fourth-order valence-electron chi connectivity index (χ4n) is 2.64. The zero-order valence-corrected chi connectivity index (χ0v) is 10.8. The minimum atomic E-state index is 0.561. The second-order valence-electron chi connectivity index (χ2n) is 4.45. The van der Waals surface area contributed by atoms with Crippen LogP contribution in [0.4, 0.5) is 0 Å². The lowest BCUT2D eigenvalue weighted by molar-refractivity contribution is 0.997. The van der Waals surface area contributed by atoms with Crippen molar-refractivity contribution in [3.05, 3.63) is 40.7 Å². The Hall–Kier alpha value is -1.54. The van der Waals surface area contributed by atoms with Gasteiger partial charge in [-0.15, -0.1) is 0 Å². The molecule has 0 bridgehead atoms. The van der Waals surface area contributed by atoms with Gasteiger partial charge in [0.05, 0.1) is 11.2 Å². The van der Waals surface area contributed by atoms with E-state index in [1.165, 1.54) is 27.4 Å². The minimum Gasteiger partial charge on any atom is -0.342 e. The molecule has 0 aliphatic heterocycles. The molecule has 0 amide bonds. The Labute approximate surface area is 105 Å². The van der Waals surface area contributed by atoms with Gasteiger partial charge in [-0.3, -0.25) is 0 Å². The molecule has 1 aromatic carbocycles. The lowest BCUT2D eigenvalue weighted by Gasteiger charge is -2.01. The van der Waals surface area contributed by atoms with Gasteiger partial charge < -0.3 is 4.57 Å². The van der Waals surface area contributed by atoms with E-state index in [2.05, 4.69) is 41.7 Å². The van der Waals surface area contributed by atoms with Crippen molar-refractivity contribution in [2.24, 2.45) is 7.05 Å². The molecule has 3 heteroatoms. The standard InChI is InChI=1S/C14H13ClN2/c1-8-5-4-6-11-13(8)10-7-12(15)16-9(2)14(10)17(11)3/h4-7H,1-3H3. The van der Waals surface area contributed by atoms with Crippen LogP contribution in [-0.4, -0.2) is 9.55 Å². The van der Waals surface area contributed by atoms with Crippen molar-refractivity contribution in [2.45, 2.75) is 13.8 Å². The van der Waals surface area contributed by atoms with Gasteiger partial charge in [-0.1, -0.05) is 23.7 Å². The Balaban J connectivity index is 2.70. The Morgan fingerprint density at radius 1 is 1.24 bits per heavy atom. The van der Waals surface area contributed by atoms with Gasteiger partial charge in [0.1, 0.15) is 5.15 Å². The summed E-state index contributed by atoms with van der Waals surface area (Å²) in [6.07, 6.45) is 0. The molecule has 0 N–H and O–H groups in total. The molecule has 0 fully saturated rings. The van der Waals surface area contributed by atoms with Crippen LogP contribution in [0.1, 0.15) is 11.3 Å². The summed E-state index contributed by atoms with van der Waals surface area (Å²) < 4.78 is 2.19. The average molecular weight is 245 g/mol. The highest BCUT2D eigenvalue weighted by atomic mass is 35.5. The number of halogens is 1. The number of nitrogens with zero attached hydrogens (tertiary/aromatic N) is 2. The normalized spacial score (nSPS) is 11.5. The molecule has 0 saturated heterocycles. The Kier molecular flexibility index (Phi) is 2.17. The van der Waals surface area contributed by atoms with E-state index >= 15 is 0 Å². The molecule has 0 unspecified atom stereocenters. The third kappa shape index (κ3) is 1.37. The van der Waals surface area contributed by atoms with Gasteiger partial charge in [-0.05, 0) is 31.5 Å². The van der Waals surface area contributed by atoms with Gasteiger partial charge in [0.2, 0.25) is 0 Å². The van der Waals surface area contributed by atoms with Crippen molar-refractivity contribution < 1.29 is 0 Å². The first-order valence-electron chi connectivity index (χ1n) is 5.60. The van der Waals surface area contributed by atoms with Gasteiger partial charge >= 0.3 is 0 Å². The summed E-state index contributed by atoms with van der Waals surface area (Å²) in [6.45, 7) is 4.13. The molecule has 0 aliphatic carbocycles. The van der Waals surface area contributed by atoms with E-state index in [9.17, 15) is 0 Å². The molecular formula is C14H13ClN2. The first-order valence-corrected chi connectivity index (χ1v) is 5.98. The largest absolute Gasteiger partial charge is 0.342 e. The van der Waals surface area contributed by atoms with Crippen LogP contribution < -0.4 is 0 Å². The molecule has 3 rings (SSSR count). The maximum Gasteiger partial charge on any atom is 0.130 e. The highest BCUT2D eigenvalue weighted by Gasteiger charge is 2.13. The van der Waals surface area contributed by atoms with Gasteiger partial charge in [0.25, 0.3) is 0 Å². The molecule has 0 saturated carbocycles. The third-order valence-corrected chi connectivity index (χ3v) is 3.55. The molecule has 17 heavy (non-hydrogen) atoms. The molecule has 0 atom stereocenters. The molecule has 3 aromatic rings. The van der Waals surface area contributed by atoms with Crippen molar-refractivity contribution in [1.29, 1.82) is 0 Å². The molecule has 0 radical (unpaired) electrons. The predicted octanol–water partition coefficient (Wildman–Crippen LogP) is 4.00. The highest BCUT2D eigenvalue weighted by Crippen LogP contribution is 2.32. The minimum absolute atomic E-state index is 0.561. The van der Waals surface area contributed by atoms with Gasteiger partial charge in [-0.25, -0.2) is 4.98 Å². The molecule has 0 aliphatic rings. The maximum absolute atomic E-state index is 6.07. The second-order valence-corrected chi connectivity index (χ2v) is 4.84. The van der Waals surface area contributed by atoms with E-state index in [1.807, 2.05) is 13.0 Å². The third-order valence-electron chi connectivity index (χ3n) is 3.35. The van der Waals surface area contributed by atoms with Crippen LogP contribution >= 0.6 is 11.6 Å². The topological polar surface area (TPSA) is 17.8 Å². The number of hydrogen-bond donors (Lipinski definition) is 0. The second kappa shape index (κ2) is 3.47. The predicted molar refractivity (Wildman–Crippen MR) is 72.7 cm³/mol. The quantitative estimate of drug-likeness (QED) is 0.547. The highest BCUT2D eigenvalue weighted by molar-refractivity contribution is 6.30. The lowest BCUT2D eigenvalue weighted by Crippen LogP contribution is -1.91. The molecule has 0 spiro atoms. The van der Waals surface area contributed by atoms with Crippen LogP contribution in [0.15, 0.2) is 24.3 Å². The van der Waals surface area contributed by atoms with Crippen LogP contribution in [0.2, 0.25) is 5.15 Å². The molecule has 2 heterocycles. The zero-order valence-electron chi connectivity index (χ0n) is 10.1. The number of aryl methyl sites for hydroxylation is 3. The van der Waals surface area contributed by atoms with E-state index in [-0.39, 0.29) is 0 Å². The van der Waals surface area contributed by atoms with Crippen molar-refractivity contribution in [2.75, 3.05) is 0 Å². The number of aromatic nitrogens is 2. The van der Waals surface area contributed by atoms with Gasteiger partial charge in [0, 0.05) is 23.3 Å². The molecular weight excluding hydrogens is 232 g/mol. The van der Waals surface area contributed by atoms with Crippen molar-refractivity contribution in [3.8, 4) is 0 Å². The first-order chi connectivity index (χ1) is 8.09. The van der Waals surface area contributed by atoms with Crippen LogP contribution in [0, 0.1) is 13.8 Å². The Morgan fingerprint density at radius 2 is 2.00 bits per heavy atom. The summed E-state index contributed by atoms with van der Waals surface area (Å²) >= 11 is 6.07. The number of pyridine rings is 1. The monoisotopic (exact) mass is 244 g/mol. The smallest absolute Gasteiger partial charge is 0.130 e. The number of benzene rings is 1. The summed E-state index contributed by atoms with van der Waals surface area (Å²) in [5.41, 5.74) is 4.64. The summed E-state index contributed by atoms with van der Waals surface area (Å²) in [5.74, 6) is 0. The summed E-state index contributed by atoms with van der Waals surface area (Å²) in [6, 6.07) is 8.31. The van der Waals surface area contributed by atoms with Crippen molar-refractivity contribution in [1.82, 2.24) is 9.55 Å². The van der Waals surface area contributed by atoms with E-state index in [0.29, 0.717) is 5.15 Å². The summed E-state index contributed by atoms with van der Waals surface area (Å²) in [5, 5.41) is 3.03. The van der Waals surface area contributed by atoms with Crippen LogP contribution in [0.5, 0.6) is 0 Å². The number of fused-ring (bicyclic) bond motifs is 3. The van der Waals surface area contributed by atoms with Gasteiger partial charge in [0.15, 0.2) is 0 Å². The van der Waals surface area contributed by atoms with Crippen molar-refractivity contribution >= 4 is 33.4 Å². The van der Waals surface area contributed by atoms with Crippen LogP contribution in [0.25, 0.3) is 21.8 Å². The van der Waals surface area contributed by atoms with Crippen molar-refractivity contribution in [3.63, 3.8) is 0 Å². The fourth-order valence-corrected chi connectivity index (χ4v) is 2.88. The zero-order chi connectivity index (χ0) is 12.2. The Bertz CT molecular complexity index is 741. The lowest BCUT2D eigenvalue weighted by atomic mass is 10.1. The first kappa shape index (κ1) is 10.6. The molecule has 2 aromatic heterocycles. The van der Waals surface area contributed by atoms with E-state index < -0.39 is 0 Å². The fraction of sp³-hybridized carbons (Fsp3) is 0.214. The Morgan fingerprint density at radius 3 is 2.76 bits per heavy atom. The van der Waals surface area contributed by atoms with E-state index in [0.717, 1.165) is 5.69 Å².